The molecule has 60 heavy (non-hydrogen) atoms. The van der Waals surface area contributed by atoms with Crippen LogP contribution in [0.1, 0.15) is 27.8 Å². The number of hydrogen-bond donors (Lipinski definition) is 0. The number of nitrogens with zero attached hydrogens (tertiary/aromatic N) is 3. The lowest BCUT2D eigenvalue weighted by molar-refractivity contribution is 0.0828. The van der Waals surface area contributed by atoms with Crippen LogP contribution < -0.4 is 28.4 Å². The third kappa shape index (κ3) is 14.3. The smallest absolute Gasteiger partial charge is 0.410 e. The van der Waals surface area contributed by atoms with Gasteiger partial charge >= 0.3 is 12.2 Å². The molecule has 0 N–H and O–H groups in total. The van der Waals surface area contributed by atoms with Crippen molar-refractivity contribution < 1.29 is 47.5 Å². The summed E-state index contributed by atoms with van der Waals surface area (Å²) in [6, 6.07) is 35.9. The molecular formula is C47H55N3O10. The number of carbonyl (C=O) groups is 2. The first-order valence-corrected chi connectivity index (χ1v) is 19.5. The monoisotopic (exact) mass is 821 g/mol. The largest absolute Gasteiger partial charge is 0.497 e. The highest BCUT2D eigenvalue weighted by atomic mass is 16.6. The van der Waals surface area contributed by atoms with Crippen LogP contribution in [0.15, 0.2) is 115 Å². The summed E-state index contributed by atoms with van der Waals surface area (Å²) in [6.07, 6.45) is -0.982. The molecule has 0 spiro atoms. The number of benzene rings is 5. The normalized spacial score (nSPS) is 10.7. The number of hydrogen-bond acceptors (Lipinski definition) is 11. The van der Waals surface area contributed by atoms with Gasteiger partial charge < -0.3 is 42.8 Å². The van der Waals surface area contributed by atoms with Crippen LogP contribution in [0.2, 0.25) is 0 Å². The van der Waals surface area contributed by atoms with E-state index in [0.29, 0.717) is 67.2 Å². The average molecular weight is 822 g/mol. The highest BCUT2D eigenvalue weighted by molar-refractivity contribution is 5.68. The highest BCUT2D eigenvalue weighted by Crippen LogP contribution is 2.25. The molecule has 0 atom stereocenters. The van der Waals surface area contributed by atoms with Gasteiger partial charge in [-0.15, -0.1) is 0 Å². The zero-order valence-electron chi connectivity index (χ0n) is 35.3. The molecule has 5 rings (SSSR count). The van der Waals surface area contributed by atoms with E-state index in [1.54, 1.807) is 44.3 Å². The van der Waals surface area contributed by atoms with E-state index in [0.717, 1.165) is 27.8 Å². The number of methoxy groups -OCH3 is 4. The van der Waals surface area contributed by atoms with E-state index in [1.807, 2.05) is 128 Å². The predicted molar refractivity (Wildman–Crippen MR) is 228 cm³/mol. The van der Waals surface area contributed by atoms with Crippen LogP contribution in [-0.2, 0) is 42.2 Å². The summed E-state index contributed by atoms with van der Waals surface area (Å²) in [4.78, 5) is 32.2. The Morgan fingerprint density at radius 3 is 1.02 bits per heavy atom. The minimum atomic E-state index is -0.491. The molecule has 0 bridgehead atoms. The number of ether oxygens (including phenoxy) is 8. The first-order valence-electron chi connectivity index (χ1n) is 19.5. The molecule has 13 nitrogen and oxygen atoms in total. The van der Waals surface area contributed by atoms with Crippen LogP contribution in [0.25, 0.3) is 0 Å². The van der Waals surface area contributed by atoms with Crippen LogP contribution in [0.4, 0.5) is 9.59 Å². The van der Waals surface area contributed by atoms with Crippen molar-refractivity contribution in [2.24, 2.45) is 0 Å². The van der Waals surface area contributed by atoms with Gasteiger partial charge in [0, 0.05) is 38.8 Å². The molecule has 13 heteroatoms. The van der Waals surface area contributed by atoms with Crippen molar-refractivity contribution in [3.63, 3.8) is 0 Å². The molecule has 0 aliphatic heterocycles. The number of amides is 2. The van der Waals surface area contributed by atoms with E-state index in [4.69, 9.17) is 37.9 Å². The SMILES string of the molecule is COc1cccc(CN(Cc2cccc(OC)c2)C(=O)OCCOc2cc(CN(C)C)cc(OCCOC(=O)N(Cc3cccc(OC)c3)Cc3cccc(OC)c3)c2)c1. The molecule has 0 unspecified atom stereocenters. The van der Waals surface area contributed by atoms with Gasteiger partial charge in [0.1, 0.15) is 60.9 Å². The highest BCUT2D eigenvalue weighted by Gasteiger charge is 2.19. The van der Waals surface area contributed by atoms with Gasteiger partial charge in [0.05, 0.1) is 28.4 Å². The Bertz CT molecular complexity index is 1890. The molecule has 0 aliphatic carbocycles. The predicted octanol–water partition coefficient (Wildman–Crippen LogP) is 8.22. The first-order chi connectivity index (χ1) is 29.1. The summed E-state index contributed by atoms with van der Waals surface area (Å²) in [5.41, 5.74) is 4.52. The van der Waals surface area contributed by atoms with Gasteiger partial charge in [-0.05, 0) is 103 Å². The van der Waals surface area contributed by atoms with Crippen molar-refractivity contribution in [3.8, 4) is 34.5 Å². The minimum absolute atomic E-state index is 0.0115. The fourth-order valence-corrected chi connectivity index (χ4v) is 6.35. The maximum absolute atomic E-state index is 13.5. The molecule has 0 aromatic heterocycles. The van der Waals surface area contributed by atoms with Gasteiger partial charge in [-0.25, -0.2) is 9.59 Å². The van der Waals surface area contributed by atoms with Crippen LogP contribution in [0.3, 0.4) is 0 Å². The number of rotatable bonds is 22. The van der Waals surface area contributed by atoms with Crippen molar-refractivity contribution in [1.29, 1.82) is 0 Å². The van der Waals surface area contributed by atoms with Gasteiger partial charge in [0.15, 0.2) is 0 Å². The van der Waals surface area contributed by atoms with E-state index in [-0.39, 0.29) is 26.4 Å². The van der Waals surface area contributed by atoms with Crippen molar-refractivity contribution >= 4 is 12.2 Å². The second-order valence-corrected chi connectivity index (χ2v) is 14.1. The van der Waals surface area contributed by atoms with Gasteiger partial charge in [-0.1, -0.05) is 48.5 Å². The summed E-state index contributed by atoms with van der Waals surface area (Å²) >= 11 is 0. The zero-order valence-corrected chi connectivity index (χ0v) is 35.3. The second-order valence-electron chi connectivity index (χ2n) is 14.1. The quantitative estimate of drug-likeness (QED) is 0.0629. The lowest BCUT2D eigenvalue weighted by atomic mass is 10.1. The Morgan fingerprint density at radius 2 is 0.717 bits per heavy atom. The van der Waals surface area contributed by atoms with Crippen LogP contribution in [0, 0.1) is 0 Å². The number of carbonyl (C=O) groups excluding carboxylic acids is 2. The molecule has 0 saturated carbocycles. The Balaban J connectivity index is 1.18. The van der Waals surface area contributed by atoms with Crippen LogP contribution >= 0.6 is 0 Å². The van der Waals surface area contributed by atoms with Crippen LogP contribution in [-0.4, -0.2) is 95.8 Å². The van der Waals surface area contributed by atoms with Crippen molar-refractivity contribution in [2.75, 3.05) is 69.0 Å². The molecule has 318 valence electrons. The van der Waals surface area contributed by atoms with E-state index in [2.05, 4.69) is 0 Å². The Labute approximate surface area is 352 Å². The van der Waals surface area contributed by atoms with Gasteiger partial charge in [0.25, 0.3) is 0 Å². The van der Waals surface area contributed by atoms with Crippen LogP contribution in [0.5, 0.6) is 34.5 Å². The van der Waals surface area contributed by atoms with Crippen molar-refractivity contribution in [2.45, 2.75) is 32.7 Å². The topological polar surface area (TPSA) is 118 Å². The van der Waals surface area contributed by atoms with Gasteiger partial charge in [-0.3, -0.25) is 9.80 Å². The third-order valence-corrected chi connectivity index (χ3v) is 9.14. The minimum Gasteiger partial charge on any atom is -0.497 e. The fraction of sp³-hybridized carbons (Fsp3) is 0.319. The van der Waals surface area contributed by atoms with E-state index < -0.39 is 12.2 Å². The molecule has 0 fully saturated rings. The molecule has 5 aromatic rings. The zero-order chi connectivity index (χ0) is 42.7. The Kier molecular flexibility index (Phi) is 17.1. The summed E-state index contributed by atoms with van der Waals surface area (Å²) in [6.45, 7) is 2.09. The molecule has 2 amide bonds. The Morgan fingerprint density at radius 1 is 0.400 bits per heavy atom. The Hall–Kier alpha value is -6.60. The lowest BCUT2D eigenvalue weighted by Gasteiger charge is -2.23. The van der Waals surface area contributed by atoms with E-state index >= 15 is 0 Å². The fourth-order valence-electron chi connectivity index (χ4n) is 6.35. The second kappa shape index (κ2) is 23.1. The summed E-state index contributed by atoms with van der Waals surface area (Å²) in [5.74, 6) is 3.89. The van der Waals surface area contributed by atoms with Crippen molar-refractivity contribution in [3.05, 3.63) is 143 Å². The lowest BCUT2D eigenvalue weighted by Crippen LogP contribution is -2.31. The summed E-state index contributed by atoms with van der Waals surface area (Å²) in [7, 11) is 10.4. The summed E-state index contributed by atoms with van der Waals surface area (Å²) in [5, 5.41) is 0. The summed E-state index contributed by atoms with van der Waals surface area (Å²) < 4.78 is 45.2. The maximum Gasteiger partial charge on any atom is 0.410 e. The third-order valence-electron chi connectivity index (χ3n) is 9.14. The van der Waals surface area contributed by atoms with E-state index in [1.165, 1.54) is 0 Å². The molecule has 0 aliphatic rings. The maximum atomic E-state index is 13.5. The van der Waals surface area contributed by atoms with Crippen molar-refractivity contribution in [1.82, 2.24) is 14.7 Å². The first kappa shape index (κ1) is 44.5. The van der Waals surface area contributed by atoms with E-state index in [9.17, 15) is 9.59 Å². The molecule has 0 saturated heterocycles. The molecule has 5 aromatic carbocycles. The molecular weight excluding hydrogens is 767 g/mol. The molecule has 0 radical (unpaired) electrons. The van der Waals surface area contributed by atoms with Gasteiger partial charge in [-0.2, -0.15) is 0 Å². The van der Waals surface area contributed by atoms with Gasteiger partial charge in [0.2, 0.25) is 0 Å². The average Bonchev–Trinajstić information content (AvgIpc) is 3.26. The molecule has 0 heterocycles. The standard InChI is InChI=1S/C47H55N3O10/c1-48(2)30-39-27-44(57-19-21-59-46(51)49(31-35-11-7-15-40(23-35)53-3)32-36-12-8-16-41(24-36)54-4)29-45(28-39)58-20-22-60-47(52)50(33-37-13-9-17-42(25-37)55-5)34-38-14-10-18-43(26-38)56-6/h7-18,23-29H,19-22,30-34H2,1-6H3.